The Labute approximate surface area is 110 Å². The van der Waals surface area contributed by atoms with Crippen LogP contribution in [0.15, 0.2) is 29.1 Å². The molecule has 0 aliphatic carbocycles. The molecular weight excluding hydrogens is 242 g/mol. The summed E-state index contributed by atoms with van der Waals surface area (Å²) in [6.07, 6.45) is 1.33. The first-order valence-electron chi connectivity index (χ1n) is 6.61. The predicted octanol–water partition coefficient (Wildman–Crippen LogP) is 0.532. The molecule has 0 amide bonds. The first-order chi connectivity index (χ1) is 9.22. The number of fused-ring (bicyclic) bond motifs is 1. The number of rotatable bonds is 3. The second-order valence-electron chi connectivity index (χ2n) is 5.02. The van der Waals surface area contributed by atoms with Crippen LogP contribution in [0.4, 0.5) is 0 Å². The topological polar surface area (TPSA) is 69.2 Å². The van der Waals surface area contributed by atoms with E-state index in [4.69, 9.17) is 0 Å². The first kappa shape index (κ1) is 12.3. The Bertz CT molecular complexity index is 638. The molecule has 2 N–H and O–H groups in total. The number of aliphatic hydroxyl groups excluding tert-OH is 1. The molecule has 5 heteroatoms. The lowest BCUT2D eigenvalue weighted by Crippen LogP contribution is -2.25. The molecule has 3 rings (SSSR count). The number of hydrogen-bond acceptors (Lipinski definition) is 4. The van der Waals surface area contributed by atoms with Gasteiger partial charge in [0.25, 0.3) is 5.56 Å². The number of nitrogens with zero attached hydrogens (tertiary/aromatic N) is 2. The first-order valence-corrected chi connectivity index (χ1v) is 6.61. The average Bonchev–Trinajstić information content (AvgIpc) is 2.82. The van der Waals surface area contributed by atoms with Crippen LogP contribution >= 0.6 is 0 Å². The summed E-state index contributed by atoms with van der Waals surface area (Å²) in [7, 11) is 0. The number of hydrogen-bond donors (Lipinski definition) is 2. The highest BCUT2D eigenvalue weighted by Crippen LogP contribution is 2.10. The van der Waals surface area contributed by atoms with Gasteiger partial charge in [-0.25, -0.2) is 4.98 Å². The standard InChI is InChI=1S/C14H17N3O2/c18-10-5-7-17(9-10)8-6-13-15-12-4-2-1-3-11(12)14(19)16-13/h1-4,10,18H,5-9H2,(H,15,16,19)/t10-/m0/s1. The Morgan fingerprint density at radius 3 is 3.05 bits per heavy atom. The smallest absolute Gasteiger partial charge is 0.258 e. The van der Waals surface area contributed by atoms with Gasteiger partial charge in [0.05, 0.1) is 17.0 Å². The quantitative estimate of drug-likeness (QED) is 0.843. The fraction of sp³-hybridized carbons (Fsp3) is 0.429. The van der Waals surface area contributed by atoms with Gasteiger partial charge in [0.1, 0.15) is 5.82 Å². The summed E-state index contributed by atoms with van der Waals surface area (Å²) in [5.41, 5.74) is 0.657. The SMILES string of the molecule is O=c1[nH]c(CCN2CC[C@H](O)C2)nc2ccccc12. The van der Waals surface area contributed by atoms with Crippen molar-refractivity contribution in [3.63, 3.8) is 0 Å². The molecular formula is C14H17N3O2. The van der Waals surface area contributed by atoms with Crippen LogP contribution in [0.1, 0.15) is 12.2 Å². The monoisotopic (exact) mass is 259 g/mol. The molecule has 2 heterocycles. The van der Waals surface area contributed by atoms with Gasteiger partial charge in [0, 0.05) is 26.1 Å². The molecule has 1 saturated heterocycles. The highest BCUT2D eigenvalue weighted by atomic mass is 16.3. The van der Waals surface area contributed by atoms with Gasteiger partial charge in [0.2, 0.25) is 0 Å². The largest absolute Gasteiger partial charge is 0.392 e. The minimum atomic E-state index is -0.205. The van der Waals surface area contributed by atoms with E-state index < -0.39 is 0 Å². The third kappa shape index (κ3) is 2.67. The zero-order chi connectivity index (χ0) is 13.2. The Hall–Kier alpha value is -1.72. The minimum Gasteiger partial charge on any atom is -0.392 e. The molecule has 0 unspecified atom stereocenters. The number of aromatic nitrogens is 2. The lowest BCUT2D eigenvalue weighted by molar-refractivity contribution is 0.176. The Morgan fingerprint density at radius 1 is 1.42 bits per heavy atom. The summed E-state index contributed by atoms with van der Waals surface area (Å²) >= 11 is 0. The van der Waals surface area contributed by atoms with E-state index in [0.717, 1.165) is 31.6 Å². The number of aliphatic hydroxyl groups is 1. The lowest BCUT2D eigenvalue weighted by Gasteiger charge is -2.14. The molecule has 0 spiro atoms. The molecule has 0 radical (unpaired) electrons. The number of β-amino-alcohol motifs (C(OH)–C–C–N with tert-alkyl or cyclic N) is 1. The minimum absolute atomic E-state index is 0.0814. The van der Waals surface area contributed by atoms with Crippen LogP contribution in [-0.4, -0.2) is 45.7 Å². The molecule has 1 aliphatic rings. The Morgan fingerprint density at radius 2 is 2.26 bits per heavy atom. The average molecular weight is 259 g/mol. The molecule has 1 aliphatic heterocycles. The molecule has 1 atom stereocenters. The van der Waals surface area contributed by atoms with Crippen LogP contribution in [0.5, 0.6) is 0 Å². The summed E-state index contributed by atoms with van der Waals surface area (Å²) in [5, 5.41) is 10.1. The normalized spacial score (nSPS) is 20.2. The van der Waals surface area contributed by atoms with E-state index in [2.05, 4.69) is 14.9 Å². The maximum Gasteiger partial charge on any atom is 0.258 e. The predicted molar refractivity (Wildman–Crippen MR) is 73.1 cm³/mol. The van der Waals surface area contributed by atoms with E-state index in [9.17, 15) is 9.90 Å². The number of aromatic amines is 1. The number of nitrogens with one attached hydrogen (secondary N) is 1. The van der Waals surface area contributed by atoms with Crippen molar-refractivity contribution in [1.82, 2.24) is 14.9 Å². The van der Waals surface area contributed by atoms with Gasteiger partial charge in [0.15, 0.2) is 0 Å². The molecule has 2 aromatic rings. The number of H-pyrrole nitrogens is 1. The molecule has 1 aromatic heterocycles. The van der Waals surface area contributed by atoms with E-state index in [1.807, 2.05) is 18.2 Å². The third-order valence-electron chi connectivity index (χ3n) is 3.57. The molecule has 100 valence electrons. The van der Waals surface area contributed by atoms with Crippen LogP contribution in [0.2, 0.25) is 0 Å². The third-order valence-corrected chi connectivity index (χ3v) is 3.57. The van der Waals surface area contributed by atoms with Crippen LogP contribution in [0, 0.1) is 0 Å². The summed E-state index contributed by atoms with van der Waals surface area (Å²) in [5.74, 6) is 0.713. The fourth-order valence-electron chi connectivity index (χ4n) is 2.53. The van der Waals surface area contributed by atoms with E-state index in [1.54, 1.807) is 6.07 Å². The highest BCUT2D eigenvalue weighted by Gasteiger charge is 2.19. The fourth-order valence-corrected chi connectivity index (χ4v) is 2.53. The molecule has 1 fully saturated rings. The van der Waals surface area contributed by atoms with Crippen LogP contribution in [-0.2, 0) is 6.42 Å². The van der Waals surface area contributed by atoms with E-state index in [1.165, 1.54) is 0 Å². The van der Waals surface area contributed by atoms with Gasteiger partial charge in [-0.3, -0.25) is 4.79 Å². The van der Waals surface area contributed by atoms with Crippen molar-refractivity contribution in [2.24, 2.45) is 0 Å². The second-order valence-corrected chi connectivity index (χ2v) is 5.02. The number of para-hydroxylation sites is 1. The van der Waals surface area contributed by atoms with Gasteiger partial charge in [-0.1, -0.05) is 12.1 Å². The molecule has 1 aromatic carbocycles. The van der Waals surface area contributed by atoms with Crippen molar-refractivity contribution in [3.8, 4) is 0 Å². The Kier molecular flexibility index (Phi) is 3.31. The van der Waals surface area contributed by atoms with Crippen LogP contribution in [0.3, 0.4) is 0 Å². The molecule has 0 bridgehead atoms. The van der Waals surface area contributed by atoms with Gasteiger partial charge < -0.3 is 15.0 Å². The van der Waals surface area contributed by atoms with Gasteiger partial charge in [-0.05, 0) is 18.6 Å². The van der Waals surface area contributed by atoms with E-state index >= 15 is 0 Å². The summed E-state index contributed by atoms with van der Waals surface area (Å²) in [6.45, 7) is 2.45. The van der Waals surface area contributed by atoms with Gasteiger partial charge in [-0.15, -0.1) is 0 Å². The summed E-state index contributed by atoms with van der Waals surface area (Å²) < 4.78 is 0. The lowest BCUT2D eigenvalue weighted by atomic mass is 10.2. The molecule has 19 heavy (non-hydrogen) atoms. The zero-order valence-corrected chi connectivity index (χ0v) is 10.7. The summed E-state index contributed by atoms with van der Waals surface area (Å²) in [4.78, 5) is 21.4. The Balaban J connectivity index is 1.76. The van der Waals surface area contributed by atoms with Gasteiger partial charge in [-0.2, -0.15) is 0 Å². The number of benzene rings is 1. The maximum atomic E-state index is 11.9. The number of likely N-dealkylation sites (tertiary alicyclic amines) is 1. The van der Waals surface area contributed by atoms with Crippen molar-refractivity contribution in [2.75, 3.05) is 19.6 Å². The van der Waals surface area contributed by atoms with E-state index in [-0.39, 0.29) is 11.7 Å². The van der Waals surface area contributed by atoms with E-state index in [0.29, 0.717) is 17.6 Å². The van der Waals surface area contributed by atoms with Crippen LogP contribution < -0.4 is 5.56 Å². The zero-order valence-electron chi connectivity index (χ0n) is 10.7. The highest BCUT2D eigenvalue weighted by molar-refractivity contribution is 5.77. The summed E-state index contributed by atoms with van der Waals surface area (Å²) in [6, 6.07) is 7.36. The van der Waals surface area contributed by atoms with Crippen molar-refractivity contribution >= 4 is 10.9 Å². The van der Waals surface area contributed by atoms with Crippen molar-refractivity contribution in [1.29, 1.82) is 0 Å². The molecule has 0 saturated carbocycles. The molecule has 5 nitrogen and oxygen atoms in total. The maximum absolute atomic E-state index is 11.9. The second kappa shape index (κ2) is 5.11. The van der Waals surface area contributed by atoms with Crippen LogP contribution in [0.25, 0.3) is 10.9 Å². The van der Waals surface area contributed by atoms with Crippen molar-refractivity contribution in [2.45, 2.75) is 18.9 Å². The van der Waals surface area contributed by atoms with Gasteiger partial charge >= 0.3 is 0 Å². The van der Waals surface area contributed by atoms with Crippen molar-refractivity contribution < 1.29 is 5.11 Å². The van der Waals surface area contributed by atoms with Crippen molar-refractivity contribution in [3.05, 3.63) is 40.4 Å².